The lowest BCUT2D eigenvalue weighted by Crippen LogP contribution is -2.36. The van der Waals surface area contributed by atoms with Crippen LogP contribution in [0.3, 0.4) is 0 Å². The number of nitrogens with two attached hydrogens (primary N) is 1. The lowest BCUT2D eigenvalue weighted by Gasteiger charge is -2.28. The van der Waals surface area contributed by atoms with Crippen molar-refractivity contribution < 1.29 is 43.9 Å². The zero-order valence-corrected chi connectivity index (χ0v) is 25.6. The molecule has 236 valence electrons. The van der Waals surface area contributed by atoms with Gasteiger partial charge < -0.3 is 45.9 Å². The molecule has 1 aromatic rings. The lowest BCUT2D eigenvalue weighted by molar-refractivity contribution is -0.116. The number of fused-ring (bicyclic) bond motifs is 2. The standard InChI is InChI=1S/C31H43N3O9/c1-8-25(36)34-26-20-12-16(2)13-24(42-7)27(37)18(4)14-19(5)29(43-31(32)40)23(41-6)11-9-10-17(3)30(39)33-21(28(20)38)15-22(26)35/h9-12,14-15,18,23-24,27,29,35,37-38H,8,13H2,1-7H3,(H2,32,40)(H,33,39)(H,34,36)/t18-,23-,24-,27+,29-/m0/s1. The third-order valence-electron chi connectivity index (χ3n) is 7.08. The molecule has 3 amide bonds. The van der Waals surface area contributed by atoms with Crippen molar-refractivity contribution in [3.8, 4) is 11.5 Å². The third-order valence-corrected chi connectivity index (χ3v) is 7.08. The van der Waals surface area contributed by atoms with Gasteiger partial charge in [0.15, 0.2) is 6.10 Å². The summed E-state index contributed by atoms with van der Waals surface area (Å²) in [6, 6.07) is 1.14. The predicted molar refractivity (Wildman–Crippen MR) is 163 cm³/mol. The molecule has 0 saturated heterocycles. The Hall–Kier alpha value is -4.13. The molecule has 1 aliphatic heterocycles. The second-order valence-corrected chi connectivity index (χ2v) is 10.5. The number of phenolic OH excluding ortho intramolecular Hbond substituents is 2. The maximum absolute atomic E-state index is 13.0. The minimum atomic E-state index is -1.02. The van der Waals surface area contributed by atoms with E-state index in [0.717, 1.165) is 6.07 Å². The zero-order valence-electron chi connectivity index (χ0n) is 25.6. The van der Waals surface area contributed by atoms with Gasteiger partial charge in [-0.2, -0.15) is 0 Å². The number of primary amides is 1. The van der Waals surface area contributed by atoms with Crippen LogP contribution in [0.5, 0.6) is 11.5 Å². The summed E-state index contributed by atoms with van der Waals surface area (Å²) >= 11 is 0. The lowest BCUT2D eigenvalue weighted by atomic mass is 9.91. The number of anilines is 2. The van der Waals surface area contributed by atoms with Crippen molar-refractivity contribution in [3.05, 3.63) is 52.7 Å². The molecular weight excluding hydrogens is 558 g/mol. The van der Waals surface area contributed by atoms with Crippen molar-refractivity contribution in [2.24, 2.45) is 11.7 Å². The van der Waals surface area contributed by atoms with Gasteiger partial charge in [0.05, 0.1) is 23.6 Å². The van der Waals surface area contributed by atoms with Crippen LogP contribution in [0.2, 0.25) is 0 Å². The first-order valence-corrected chi connectivity index (χ1v) is 13.8. The molecule has 7 N–H and O–H groups in total. The van der Waals surface area contributed by atoms with Crippen molar-refractivity contribution >= 4 is 35.4 Å². The van der Waals surface area contributed by atoms with E-state index in [1.165, 1.54) is 27.2 Å². The van der Waals surface area contributed by atoms with Gasteiger partial charge in [-0.3, -0.25) is 9.59 Å². The number of carbonyl (C=O) groups excluding carboxylic acids is 3. The van der Waals surface area contributed by atoms with E-state index in [2.05, 4.69) is 10.6 Å². The van der Waals surface area contributed by atoms with Crippen LogP contribution in [-0.4, -0.2) is 71.9 Å². The third kappa shape index (κ3) is 9.43. The van der Waals surface area contributed by atoms with E-state index in [-0.39, 0.29) is 46.9 Å². The number of benzene rings is 1. The number of phenols is 2. The smallest absolute Gasteiger partial charge is 0.405 e. The molecule has 1 aromatic carbocycles. The number of rotatable bonds is 5. The zero-order chi connectivity index (χ0) is 32.4. The number of aliphatic hydroxyl groups excluding tert-OH is 1. The molecule has 0 aromatic heterocycles. The highest BCUT2D eigenvalue weighted by Gasteiger charge is 2.29. The number of carbonyl (C=O) groups is 3. The average molecular weight is 602 g/mol. The molecule has 0 unspecified atom stereocenters. The summed E-state index contributed by atoms with van der Waals surface area (Å²) in [4.78, 5) is 37.0. The summed E-state index contributed by atoms with van der Waals surface area (Å²) in [6.45, 7) is 8.41. The van der Waals surface area contributed by atoms with Crippen LogP contribution in [0.15, 0.2) is 47.1 Å². The average Bonchev–Trinajstić information content (AvgIpc) is 2.95. The van der Waals surface area contributed by atoms with E-state index in [1.54, 1.807) is 52.0 Å². The fraction of sp³-hybridized carbons (Fsp3) is 0.452. The number of hydrogen-bond donors (Lipinski definition) is 6. The topological polar surface area (TPSA) is 190 Å². The first-order valence-electron chi connectivity index (χ1n) is 13.8. The Morgan fingerprint density at radius 3 is 2.42 bits per heavy atom. The van der Waals surface area contributed by atoms with Gasteiger partial charge in [-0.15, -0.1) is 0 Å². The second kappa shape index (κ2) is 15.9. The monoisotopic (exact) mass is 601 g/mol. The molecule has 12 heteroatoms. The molecule has 0 fully saturated rings. The highest BCUT2D eigenvalue weighted by molar-refractivity contribution is 6.06. The fourth-order valence-electron chi connectivity index (χ4n) is 4.64. The molecule has 2 bridgehead atoms. The van der Waals surface area contributed by atoms with Gasteiger partial charge in [0.1, 0.15) is 17.6 Å². The van der Waals surface area contributed by atoms with Crippen LogP contribution in [0.4, 0.5) is 16.2 Å². The highest BCUT2D eigenvalue weighted by atomic mass is 16.6. The summed E-state index contributed by atoms with van der Waals surface area (Å²) in [6.07, 6.45) is 3.73. The van der Waals surface area contributed by atoms with E-state index >= 15 is 0 Å². The Balaban J connectivity index is 2.76. The highest BCUT2D eigenvalue weighted by Crippen LogP contribution is 2.42. The van der Waals surface area contributed by atoms with E-state index in [1.807, 2.05) is 0 Å². The number of ether oxygens (including phenoxy) is 3. The normalized spacial score (nSPS) is 23.9. The Morgan fingerprint density at radius 1 is 1.16 bits per heavy atom. The Kier molecular flexibility index (Phi) is 13.0. The van der Waals surface area contributed by atoms with Gasteiger partial charge in [-0.05, 0) is 38.8 Å². The van der Waals surface area contributed by atoms with E-state index in [4.69, 9.17) is 19.9 Å². The molecule has 0 saturated carbocycles. The van der Waals surface area contributed by atoms with Crippen molar-refractivity contribution in [2.45, 2.75) is 71.9 Å². The van der Waals surface area contributed by atoms with Crippen LogP contribution in [0.1, 0.15) is 53.0 Å². The molecule has 1 heterocycles. The van der Waals surface area contributed by atoms with Crippen molar-refractivity contribution in [2.75, 3.05) is 24.9 Å². The summed E-state index contributed by atoms with van der Waals surface area (Å²) < 4.78 is 16.5. The number of hydrogen-bond acceptors (Lipinski definition) is 9. The van der Waals surface area contributed by atoms with E-state index in [0.29, 0.717) is 11.1 Å². The van der Waals surface area contributed by atoms with Gasteiger partial charge in [0.25, 0.3) is 5.91 Å². The first kappa shape index (κ1) is 35.1. The van der Waals surface area contributed by atoms with Gasteiger partial charge in [0.2, 0.25) is 5.91 Å². The van der Waals surface area contributed by atoms with Crippen LogP contribution in [-0.2, 0) is 23.8 Å². The number of amides is 3. The fourth-order valence-corrected chi connectivity index (χ4v) is 4.64. The second-order valence-electron chi connectivity index (χ2n) is 10.5. The van der Waals surface area contributed by atoms with Gasteiger partial charge >= 0.3 is 6.09 Å². The molecule has 12 nitrogen and oxygen atoms in total. The minimum absolute atomic E-state index is 0.0321. The van der Waals surface area contributed by atoms with Crippen molar-refractivity contribution in [1.29, 1.82) is 0 Å². The van der Waals surface area contributed by atoms with E-state index < -0.39 is 48.2 Å². The Labute approximate surface area is 251 Å². The SMILES string of the molecule is CCC(=O)Nc1c(O)cc2c(O)c1C=C(C)C[C@H](OC)[C@H](O)[C@@H](C)C=C(C)[C@H](OC(N)=O)[C@@H](OC)C=CC=C(C)C(=O)N2. The molecule has 0 spiro atoms. The summed E-state index contributed by atoms with van der Waals surface area (Å²) in [5.74, 6) is -2.22. The van der Waals surface area contributed by atoms with Crippen LogP contribution < -0.4 is 16.4 Å². The number of nitrogens with one attached hydrogen (secondary N) is 2. The number of aliphatic hydroxyl groups is 1. The molecule has 1 aliphatic rings. The van der Waals surface area contributed by atoms with Crippen LogP contribution in [0.25, 0.3) is 6.08 Å². The summed E-state index contributed by atoms with van der Waals surface area (Å²) in [5, 5.41) is 38.4. The number of allylic oxidation sites excluding steroid dienone is 2. The maximum Gasteiger partial charge on any atom is 0.405 e. The predicted octanol–water partition coefficient (Wildman–Crippen LogP) is 4.13. The van der Waals surface area contributed by atoms with Crippen LogP contribution in [0, 0.1) is 5.92 Å². The van der Waals surface area contributed by atoms with Gasteiger partial charge in [-0.1, -0.05) is 43.7 Å². The summed E-state index contributed by atoms with van der Waals surface area (Å²) in [5.41, 5.74) is 6.70. The van der Waals surface area contributed by atoms with Crippen LogP contribution >= 0.6 is 0 Å². The van der Waals surface area contributed by atoms with E-state index in [9.17, 15) is 29.7 Å². The summed E-state index contributed by atoms with van der Waals surface area (Å²) in [7, 11) is 2.87. The molecule has 43 heavy (non-hydrogen) atoms. The number of methoxy groups -OCH3 is 2. The van der Waals surface area contributed by atoms with Gasteiger partial charge in [0, 0.05) is 43.8 Å². The molecule has 0 radical (unpaired) electrons. The molecule has 2 rings (SSSR count). The Morgan fingerprint density at radius 2 is 1.84 bits per heavy atom. The first-order chi connectivity index (χ1) is 20.2. The maximum atomic E-state index is 13.0. The molecule has 5 atom stereocenters. The molecular formula is C31H43N3O9. The van der Waals surface area contributed by atoms with Crippen molar-refractivity contribution in [1.82, 2.24) is 0 Å². The Bertz CT molecular complexity index is 1320. The quantitative estimate of drug-likeness (QED) is 0.164. The molecule has 0 aliphatic carbocycles. The van der Waals surface area contributed by atoms with Crippen molar-refractivity contribution in [3.63, 3.8) is 0 Å². The largest absolute Gasteiger partial charge is 0.506 e. The van der Waals surface area contributed by atoms with Gasteiger partial charge in [-0.25, -0.2) is 4.79 Å². The minimum Gasteiger partial charge on any atom is -0.506 e. The number of aromatic hydroxyl groups is 2.